The predicted octanol–water partition coefficient (Wildman–Crippen LogP) is 1.31. The Hall–Kier alpha value is -0.890. The largest absolute Gasteiger partial charge is 0.373 e. The van der Waals surface area contributed by atoms with Crippen molar-refractivity contribution < 1.29 is 13.2 Å². The van der Waals surface area contributed by atoms with Crippen LogP contribution in [0.25, 0.3) is 0 Å². The molecule has 0 radical (unpaired) electrons. The first kappa shape index (κ1) is 16.5. The van der Waals surface area contributed by atoms with Crippen LogP contribution in [-0.2, 0) is 21.3 Å². The van der Waals surface area contributed by atoms with Crippen LogP contribution in [-0.4, -0.2) is 49.0 Å². The minimum absolute atomic E-state index is 0.0791. The van der Waals surface area contributed by atoms with Crippen LogP contribution >= 0.6 is 0 Å². The lowest BCUT2D eigenvalue weighted by Gasteiger charge is -2.34. The summed E-state index contributed by atoms with van der Waals surface area (Å²) in [6.45, 7) is 9.33. The van der Waals surface area contributed by atoms with E-state index in [1.54, 1.807) is 12.3 Å². The SMILES string of the molecule is CC(C)NCc1cc(S(=O)(=O)N2CC(C)OC(C)C2)c[nH]1. The van der Waals surface area contributed by atoms with Gasteiger partial charge in [0.05, 0.1) is 17.1 Å². The number of H-pyrrole nitrogens is 1. The van der Waals surface area contributed by atoms with Crippen LogP contribution in [0.1, 0.15) is 33.4 Å². The molecule has 120 valence electrons. The summed E-state index contributed by atoms with van der Waals surface area (Å²) in [7, 11) is -3.45. The second-order valence-electron chi connectivity index (χ2n) is 5.98. The number of rotatable bonds is 5. The van der Waals surface area contributed by atoms with E-state index in [9.17, 15) is 8.42 Å². The van der Waals surface area contributed by atoms with Crippen molar-refractivity contribution in [2.24, 2.45) is 0 Å². The molecule has 1 aromatic heterocycles. The number of hydrogen-bond acceptors (Lipinski definition) is 4. The molecule has 1 aromatic rings. The van der Waals surface area contributed by atoms with E-state index in [2.05, 4.69) is 24.1 Å². The van der Waals surface area contributed by atoms with Crippen LogP contribution in [0.15, 0.2) is 17.2 Å². The fraction of sp³-hybridized carbons (Fsp3) is 0.714. The number of nitrogens with zero attached hydrogens (tertiary/aromatic N) is 1. The highest BCUT2D eigenvalue weighted by Gasteiger charge is 2.32. The maximum absolute atomic E-state index is 12.7. The lowest BCUT2D eigenvalue weighted by atomic mass is 10.3. The quantitative estimate of drug-likeness (QED) is 0.859. The minimum atomic E-state index is -3.45. The second-order valence-corrected chi connectivity index (χ2v) is 7.91. The fourth-order valence-electron chi connectivity index (χ4n) is 2.46. The van der Waals surface area contributed by atoms with E-state index in [1.807, 2.05) is 13.8 Å². The van der Waals surface area contributed by atoms with Gasteiger partial charge in [-0.15, -0.1) is 0 Å². The van der Waals surface area contributed by atoms with Gasteiger partial charge in [-0.05, 0) is 19.9 Å². The number of sulfonamides is 1. The van der Waals surface area contributed by atoms with Crippen LogP contribution < -0.4 is 5.32 Å². The average Bonchev–Trinajstić information content (AvgIpc) is 2.84. The first-order chi connectivity index (χ1) is 9.79. The van der Waals surface area contributed by atoms with E-state index in [4.69, 9.17) is 4.74 Å². The molecule has 0 aromatic carbocycles. The molecule has 0 bridgehead atoms. The standard InChI is InChI=1S/C14H25N3O3S/c1-10(2)15-6-13-5-14(7-16-13)21(18,19)17-8-11(3)20-12(4)9-17/h5,7,10-12,15-16H,6,8-9H2,1-4H3. The zero-order valence-corrected chi connectivity index (χ0v) is 13.9. The van der Waals surface area contributed by atoms with Gasteiger partial charge < -0.3 is 15.0 Å². The molecule has 1 aliphatic heterocycles. The Balaban J connectivity index is 2.12. The van der Waals surface area contributed by atoms with Gasteiger partial charge in [0.2, 0.25) is 10.0 Å². The Kier molecular flexibility index (Phi) is 5.08. The van der Waals surface area contributed by atoms with Crippen LogP contribution in [0.3, 0.4) is 0 Å². The first-order valence-electron chi connectivity index (χ1n) is 7.35. The third-order valence-electron chi connectivity index (χ3n) is 3.44. The van der Waals surface area contributed by atoms with Gasteiger partial charge in [-0.1, -0.05) is 13.8 Å². The van der Waals surface area contributed by atoms with Crippen LogP contribution in [0.2, 0.25) is 0 Å². The normalized spacial score (nSPS) is 24.6. The van der Waals surface area contributed by atoms with Crippen LogP contribution in [0, 0.1) is 0 Å². The Labute approximate surface area is 126 Å². The Bertz CT molecular complexity index is 558. The third kappa shape index (κ3) is 4.06. The van der Waals surface area contributed by atoms with Crippen LogP contribution in [0.5, 0.6) is 0 Å². The smallest absolute Gasteiger partial charge is 0.244 e. The number of aromatic nitrogens is 1. The van der Waals surface area contributed by atoms with Gasteiger partial charge >= 0.3 is 0 Å². The molecule has 2 rings (SSSR count). The van der Waals surface area contributed by atoms with Gasteiger partial charge in [-0.25, -0.2) is 8.42 Å². The van der Waals surface area contributed by atoms with Gasteiger partial charge in [-0.3, -0.25) is 0 Å². The van der Waals surface area contributed by atoms with E-state index in [0.29, 0.717) is 30.6 Å². The highest BCUT2D eigenvalue weighted by molar-refractivity contribution is 7.89. The molecule has 0 spiro atoms. The molecule has 6 nitrogen and oxygen atoms in total. The van der Waals surface area contributed by atoms with Gasteiger partial charge in [0, 0.05) is 37.6 Å². The maximum atomic E-state index is 12.7. The lowest BCUT2D eigenvalue weighted by Crippen LogP contribution is -2.47. The zero-order valence-electron chi connectivity index (χ0n) is 13.1. The topological polar surface area (TPSA) is 74.4 Å². The van der Waals surface area contributed by atoms with Crippen molar-refractivity contribution in [1.82, 2.24) is 14.6 Å². The molecular weight excluding hydrogens is 290 g/mol. The number of ether oxygens (including phenoxy) is 1. The molecule has 1 aliphatic rings. The molecule has 2 unspecified atom stereocenters. The molecule has 2 N–H and O–H groups in total. The van der Waals surface area contributed by atoms with Crippen LogP contribution in [0.4, 0.5) is 0 Å². The molecule has 0 aliphatic carbocycles. The number of nitrogens with one attached hydrogen (secondary N) is 2. The summed E-state index contributed by atoms with van der Waals surface area (Å²) in [5.41, 5.74) is 0.872. The van der Waals surface area contributed by atoms with Gasteiger partial charge in [0.15, 0.2) is 0 Å². The highest BCUT2D eigenvalue weighted by atomic mass is 32.2. The summed E-state index contributed by atoms with van der Waals surface area (Å²) in [5, 5.41) is 3.26. The summed E-state index contributed by atoms with van der Waals surface area (Å²) < 4.78 is 32.4. The third-order valence-corrected chi connectivity index (χ3v) is 5.25. The summed E-state index contributed by atoms with van der Waals surface area (Å²) in [6, 6.07) is 2.06. The van der Waals surface area contributed by atoms with Gasteiger partial charge in [-0.2, -0.15) is 4.31 Å². The summed E-state index contributed by atoms with van der Waals surface area (Å²) in [5.74, 6) is 0. The average molecular weight is 315 g/mol. The Morgan fingerprint density at radius 1 is 1.38 bits per heavy atom. The van der Waals surface area contributed by atoms with Crippen molar-refractivity contribution in [3.63, 3.8) is 0 Å². The van der Waals surface area contributed by atoms with E-state index >= 15 is 0 Å². The molecule has 21 heavy (non-hydrogen) atoms. The minimum Gasteiger partial charge on any atom is -0.373 e. The van der Waals surface area contributed by atoms with Crippen molar-refractivity contribution in [3.05, 3.63) is 18.0 Å². The summed E-state index contributed by atoms with van der Waals surface area (Å²) >= 11 is 0. The van der Waals surface area contributed by atoms with Crippen molar-refractivity contribution in [2.45, 2.75) is 57.4 Å². The zero-order chi connectivity index (χ0) is 15.6. The van der Waals surface area contributed by atoms with Crippen molar-refractivity contribution in [2.75, 3.05) is 13.1 Å². The van der Waals surface area contributed by atoms with Gasteiger partial charge in [0.25, 0.3) is 0 Å². The first-order valence-corrected chi connectivity index (χ1v) is 8.79. The Morgan fingerprint density at radius 3 is 2.57 bits per heavy atom. The maximum Gasteiger partial charge on any atom is 0.244 e. The second kappa shape index (κ2) is 6.48. The molecule has 0 saturated carbocycles. The molecule has 1 fully saturated rings. The van der Waals surface area contributed by atoms with E-state index in [1.165, 1.54) is 4.31 Å². The van der Waals surface area contributed by atoms with Gasteiger partial charge in [0.1, 0.15) is 0 Å². The molecular formula is C14H25N3O3S. The fourth-order valence-corrected chi connectivity index (χ4v) is 4.07. The molecule has 1 saturated heterocycles. The lowest BCUT2D eigenvalue weighted by molar-refractivity contribution is -0.0440. The molecule has 0 amide bonds. The highest BCUT2D eigenvalue weighted by Crippen LogP contribution is 2.21. The van der Waals surface area contributed by atoms with E-state index in [0.717, 1.165) is 5.69 Å². The predicted molar refractivity (Wildman–Crippen MR) is 81.5 cm³/mol. The summed E-state index contributed by atoms with van der Waals surface area (Å²) in [6.07, 6.45) is 1.41. The molecule has 2 atom stereocenters. The van der Waals surface area contributed by atoms with Crippen molar-refractivity contribution in [1.29, 1.82) is 0 Å². The summed E-state index contributed by atoms with van der Waals surface area (Å²) in [4.78, 5) is 3.35. The van der Waals surface area contributed by atoms with Crippen molar-refractivity contribution >= 4 is 10.0 Å². The van der Waals surface area contributed by atoms with Crippen molar-refractivity contribution in [3.8, 4) is 0 Å². The monoisotopic (exact) mass is 315 g/mol. The molecule has 7 heteroatoms. The molecule has 2 heterocycles. The van der Waals surface area contributed by atoms with E-state index < -0.39 is 10.0 Å². The number of morpholine rings is 1. The number of hydrogen-bond donors (Lipinski definition) is 2. The number of aromatic amines is 1. The van der Waals surface area contributed by atoms with E-state index in [-0.39, 0.29) is 12.2 Å². The Morgan fingerprint density at radius 2 is 2.00 bits per heavy atom.